The zero-order valence-electron chi connectivity index (χ0n) is 34.2. The fourth-order valence-corrected chi connectivity index (χ4v) is 9.93. The minimum atomic E-state index is 1.08. The van der Waals surface area contributed by atoms with E-state index in [9.17, 15) is 0 Å². The van der Waals surface area contributed by atoms with Crippen LogP contribution >= 0.6 is 0 Å². The summed E-state index contributed by atoms with van der Waals surface area (Å²) in [4.78, 5) is 2.45. The summed E-state index contributed by atoms with van der Waals surface area (Å²) < 4.78 is 2.50. The number of benzene rings is 10. The topological polar surface area (TPSA) is 8.17 Å². The Kier molecular flexibility index (Phi) is 8.67. The number of fused-ring (bicyclic) bond motifs is 10. The van der Waals surface area contributed by atoms with Crippen LogP contribution in [-0.4, -0.2) is 4.57 Å². The van der Waals surface area contributed by atoms with Gasteiger partial charge in [0.25, 0.3) is 0 Å². The standard InChI is InChI=1S/C60H42N2/c1-4-16-41(17-5-1)44-28-34-47(35-29-44)61(48-36-30-45(31-37-48)42-18-6-2-7-19-42)57-40-55-50-22-10-13-25-53(50)60-59(58(55)52-24-12-11-23-51(52)57)54-26-14-15-27-56(54)62(60)49-38-32-46(33-39-49)43-20-8-3-9-21-43/h1-8,10-20,22-40H,9,21H2. The number of aromatic nitrogens is 1. The summed E-state index contributed by atoms with van der Waals surface area (Å²) in [5.74, 6) is 0. The molecule has 0 saturated carbocycles. The number of rotatable bonds is 7. The average Bonchev–Trinajstić information content (AvgIpc) is 3.71. The largest absolute Gasteiger partial charge is 0.310 e. The third kappa shape index (κ3) is 5.95. The molecule has 1 aromatic heterocycles. The van der Waals surface area contributed by atoms with Gasteiger partial charge < -0.3 is 9.47 Å². The van der Waals surface area contributed by atoms with E-state index in [1.807, 2.05) is 0 Å². The molecule has 0 saturated heterocycles. The van der Waals surface area contributed by atoms with Gasteiger partial charge in [0.15, 0.2) is 0 Å². The van der Waals surface area contributed by atoms with Crippen molar-refractivity contribution in [1.82, 2.24) is 4.57 Å². The van der Waals surface area contributed by atoms with Crippen LogP contribution < -0.4 is 4.90 Å². The lowest BCUT2D eigenvalue weighted by atomic mass is 9.91. The number of allylic oxidation sites excluding steroid dienone is 4. The highest BCUT2D eigenvalue weighted by molar-refractivity contribution is 6.38. The van der Waals surface area contributed by atoms with Crippen LogP contribution in [0.3, 0.4) is 0 Å². The van der Waals surface area contributed by atoms with E-state index in [0.717, 1.165) is 29.9 Å². The highest BCUT2D eigenvalue weighted by atomic mass is 15.1. The van der Waals surface area contributed by atoms with Crippen molar-refractivity contribution in [2.24, 2.45) is 0 Å². The zero-order valence-corrected chi connectivity index (χ0v) is 34.2. The molecule has 0 radical (unpaired) electrons. The van der Waals surface area contributed by atoms with Crippen LogP contribution in [0.2, 0.25) is 0 Å². The summed E-state index contributed by atoms with van der Waals surface area (Å²) in [6.07, 6.45) is 8.87. The molecule has 1 heterocycles. The molecule has 12 rings (SSSR count). The Morgan fingerprint density at radius 1 is 0.387 bits per heavy atom. The van der Waals surface area contributed by atoms with E-state index < -0.39 is 0 Å². The molecule has 0 atom stereocenters. The second kappa shape index (κ2) is 15.0. The molecule has 2 heteroatoms. The van der Waals surface area contributed by atoms with Crippen molar-refractivity contribution in [3.63, 3.8) is 0 Å². The number of hydrogen-bond acceptors (Lipinski definition) is 1. The summed E-state index contributed by atoms with van der Waals surface area (Å²) in [7, 11) is 0. The van der Waals surface area contributed by atoms with Gasteiger partial charge in [-0.2, -0.15) is 0 Å². The molecule has 0 unspecified atom stereocenters. The van der Waals surface area contributed by atoms with Crippen molar-refractivity contribution < 1.29 is 0 Å². The quantitative estimate of drug-likeness (QED) is 0.146. The van der Waals surface area contributed by atoms with Gasteiger partial charge in [0.05, 0.1) is 16.7 Å². The molecule has 1 aliphatic carbocycles. The Hall–Kier alpha value is -7.94. The molecule has 0 N–H and O–H groups in total. The van der Waals surface area contributed by atoms with E-state index in [-0.39, 0.29) is 0 Å². The zero-order chi connectivity index (χ0) is 41.0. The van der Waals surface area contributed by atoms with Crippen molar-refractivity contribution in [2.75, 3.05) is 4.90 Å². The van der Waals surface area contributed by atoms with E-state index >= 15 is 0 Å². The molecule has 0 amide bonds. The molecule has 0 fully saturated rings. The molecule has 0 bridgehead atoms. The first-order valence-electron chi connectivity index (χ1n) is 21.7. The maximum atomic E-state index is 2.50. The van der Waals surface area contributed by atoms with Gasteiger partial charge in [0.2, 0.25) is 0 Å². The van der Waals surface area contributed by atoms with E-state index in [0.29, 0.717) is 0 Å². The predicted molar refractivity (Wildman–Crippen MR) is 265 cm³/mol. The Morgan fingerprint density at radius 2 is 0.903 bits per heavy atom. The maximum absolute atomic E-state index is 2.50. The summed E-state index contributed by atoms with van der Waals surface area (Å²) in [6.45, 7) is 0. The van der Waals surface area contributed by atoms with Crippen LogP contribution in [0.4, 0.5) is 17.1 Å². The van der Waals surface area contributed by atoms with Gasteiger partial charge in [0, 0.05) is 44.0 Å². The molecule has 292 valence electrons. The summed E-state index contributed by atoms with van der Waals surface area (Å²) in [5.41, 5.74) is 14.5. The average molecular weight is 791 g/mol. The third-order valence-corrected chi connectivity index (χ3v) is 12.8. The molecule has 10 aromatic carbocycles. The molecule has 62 heavy (non-hydrogen) atoms. The van der Waals surface area contributed by atoms with Crippen molar-refractivity contribution in [2.45, 2.75) is 12.8 Å². The molecule has 2 nitrogen and oxygen atoms in total. The Bertz CT molecular complexity index is 3440. The second-order valence-corrected chi connectivity index (χ2v) is 16.4. The molecular weight excluding hydrogens is 749 g/mol. The van der Waals surface area contributed by atoms with Crippen LogP contribution in [0.15, 0.2) is 231 Å². The van der Waals surface area contributed by atoms with Gasteiger partial charge in [-0.25, -0.2) is 0 Å². The van der Waals surface area contributed by atoms with Crippen LogP contribution in [0.1, 0.15) is 18.4 Å². The monoisotopic (exact) mass is 790 g/mol. The summed E-state index contributed by atoms with van der Waals surface area (Å²) in [5, 5.41) is 9.97. The second-order valence-electron chi connectivity index (χ2n) is 16.4. The number of anilines is 3. The van der Waals surface area contributed by atoms with Gasteiger partial charge in [-0.3, -0.25) is 0 Å². The van der Waals surface area contributed by atoms with E-state index in [2.05, 4.69) is 240 Å². The molecule has 0 spiro atoms. The predicted octanol–water partition coefficient (Wildman–Crippen LogP) is 16.8. The Morgan fingerprint density at radius 3 is 1.52 bits per heavy atom. The van der Waals surface area contributed by atoms with E-state index in [1.54, 1.807) is 0 Å². The van der Waals surface area contributed by atoms with Gasteiger partial charge in [0.1, 0.15) is 0 Å². The van der Waals surface area contributed by atoms with E-state index in [4.69, 9.17) is 0 Å². The van der Waals surface area contributed by atoms with Crippen LogP contribution in [-0.2, 0) is 0 Å². The minimum absolute atomic E-state index is 1.08. The van der Waals surface area contributed by atoms with Crippen LogP contribution in [0, 0.1) is 0 Å². The summed E-state index contributed by atoms with van der Waals surface area (Å²) in [6, 6.07) is 78.1. The third-order valence-electron chi connectivity index (χ3n) is 12.8. The molecule has 1 aliphatic rings. The highest BCUT2D eigenvalue weighted by Crippen LogP contribution is 2.49. The van der Waals surface area contributed by atoms with Gasteiger partial charge >= 0.3 is 0 Å². The lowest BCUT2D eigenvalue weighted by molar-refractivity contribution is 1.05. The Labute approximate surface area is 361 Å². The fraction of sp³-hybridized carbons (Fsp3) is 0.0333. The van der Waals surface area contributed by atoms with Crippen molar-refractivity contribution in [1.29, 1.82) is 0 Å². The SMILES string of the molecule is C1=CCCC(c2ccc(-n3c4ccccc4c4c5c6ccccc6c(N(c6ccc(-c7ccccc7)cc6)c6ccc(-c7ccccc7)cc6)cc5c5ccccc5c43)cc2)=C1. The molecule has 0 aliphatic heterocycles. The molecular formula is C60H42N2. The summed E-state index contributed by atoms with van der Waals surface area (Å²) >= 11 is 0. The smallest absolute Gasteiger partial charge is 0.0626 e. The van der Waals surface area contributed by atoms with Gasteiger partial charge in [-0.1, -0.05) is 182 Å². The highest BCUT2D eigenvalue weighted by Gasteiger charge is 2.24. The van der Waals surface area contributed by atoms with Crippen molar-refractivity contribution in [3.8, 4) is 27.9 Å². The lowest BCUT2D eigenvalue weighted by Crippen LogP contribution is -2.10. The Balaban J connectivity index is 1.13. The van der Waals surface area contributed by atoms with E-state index in [1.165, 1.54) is 93.2 Å². The number of para-hydroxylation sites is 1. The number of hydrogen-bond donors (Lipinski definition) is 0. The van der Waals surface area contributed by atoms with Crippen LogP contribution in [0.5, 0.6) is 0 Å². The van der Waals surface area contributed by atoms with Crippen molar-refractivity contribution >= 4 is 76.8 Å². The fourth-order valence-electron chi connectivity index (χ4n) is 9.93. The minimum Gasteiger partial charge on any atom is -0.310 e. The lowest BCUT2D eigenvalue weighted by Gasteiger charge is -2.28. The van der Waals surface area contributed by atoms with Gasteiger partial charge in [-0.15, -0.1) is 0 Å². The van der Waals surface area contributed by atoms with Gasteiger partial charge in [-0.05, 0) is 111 Å². The van der Waals surface area contributed by atoms with Crippen molar-refractivity contribution in [3.05, 3.63) is 236 Å². The normalized spacial score (nSPS) is 12.7. The number of nitrogens with zero attached hydrogens (tertiary/aromatic N) is 2. The first-order chi connectivity index (χ1) is 30.8. The molecule has 11 aromatic rings. The first kappa shape index (κ1) is 36.0. The maximum Gasteiger partial charge on any atom is 0.0626 e. The van der Waals surface area contributed by atoms with Crippen LogP contribution in [0.25, 0.3) is 87.6 Å². The first-order valence-corrected chi connectivity index (χ1v) is 21.7.